The van der Waals surface area contributed by atoms with Crippen molar-refractivity contribution in [3.05, 3.63) is 63.4 Å². The lowest BCUT2D eigenvalue weighted by molar-refractivity contribution is 0.148. The van der Waals surface area contributed by atoms with Gasteiger partial charge in [0.2, 0.25) is 0 Å². The molecule has 0 atom stereocenters. The van der Waals surface area contributed by atoms with Gasteiger partial charge in [0.25, 0.3) is 5.56 Å². The average Bonchev–Trinajstić information content (AvgIpc) is 2.65. The second-order valence-corrected chi connectivity index (χ2v) is 7.60. The quantitative estimate of drug-likeness (QED) is 0.778. The van der Waals surface area contributed by atoms with E-state index in [0.717, 1.165) is 49.4 Å². The lowest BCUT2D eigenvalue weighted by atomic mass is 9.98. The third-order valence-electron chi connectivity index (χ3n) is 5.54. The summed E-state index contributed by atoms with van der Waals surface area (Å²) in [7, 11) is 2.17. The molecule has 0 amide bonds. The molecule has 3 aromatic rings. The van der Waals surface area contributed by atoms with Crippen LogP contribution in [0.15, 0.2) is 41.2 Å². The summed E-state index contributed by atoms with van der Waals surface area (Å²) in [6, 6.07) is 11.9. The Morgan fingerprint density at radius 2 is 1.78 bits per heavy atom. The zero-order chi connectivity index (χ0) is 19.0. The van der Waals surface area contributed by atoms with E-state index in [0.29, 0.717) is 11.2 Å². The number of para-hydroxylation sites is 1. The van der Waals surface area contributed by atoms with Crippen LogP contribution >= 0.6 is 0 Å². The number of H-pyrrole nitrogens is 1. The van der Waals surface area contributed by atoms with Gasteiger partial charge in [-0.05, 0) is 55.8 Å². The van der Waals surface area contributed by atoms with Crippen molar-refractivity contribution in [2.45, 2.75) is 20.4 Å². The predicted molar refractivity (Wildman–Crippen MR) is 110 cm³/mol. The van der Waals surface area contributed by atoms with Crippen LogP contribution in [0.3, 0.4) is 0 Å². The minimum atomic E-state index is -0.0869. The van der Waals surface area contributed by atoms with E-state index < -0.39 is 0 Å². The summed E-state index contributed by atoms with van der Waals surface area (Å²) in [5, 5.41) is 0.628. The first kappa shape index (κ1) is 17.9. The molecule has 5 nitrogen and oxygen atoms in total. The SMILES string of the molecule is Cc1cc(C)c(-c2nc3ccccc3c(=O)[nH]2)cc1CN1CCN(C)CC1. The van der Waals surface area contributed by atoms with Gasteiger partial charge in [-0.2, -0.15) is 0 Å². The monoisotopic (exact) mass is 362 g/mol. The van der Waals surface area contributed by atoms with Gasteiger partial charge in [-0.25, -0.2) is 4.98 Å². The molecule has 1 aliphatic rings. The Balaban J connectivity index is 1.72. The average molecular weight is 362 g/mol. The molecule has 0 aliphatic carbocycles. The molecule has 1 aliphatic heterocycles. The maximum Gasteiger partial charge on any atom is 0.259 e. The summed E-state index contributed by atoms with van der Waals surface area (Å²) in [6.45, 7) is 9.57. The maximum atomic E-state index is 12.5. The fraction of sp³-hybridized carbons (Fsp3) is 0.364. The van der Waals surface area contributed by atoms with Gasteiger partial charge in [-0.1, -0.05) is 18.2 Å². The summed E-state index contributed by atoms with van der Waals surface area (Å²) >= 11 is 0. The number of aromatic nitrogens is 2. The molecule has 5 heteroatoms. The highest BCUT2D eigenvalue weighted by molar-refractivity contribution is 5.79. The van der Waals surface area contributed by atoms with Crippen molar-refractivity contribution in [2.24, 2.45) is 0 Å². The third kappa shape index (κ3) is 3.66. The van der Waals surface area contributed by atoms with E-state index in [9.17, 15) is 4.79 Å². The van der Waals surface area contributed by atoms with Gasteiger partial charge in [0.1, 0.15) is 5.82 Å². The molecule has 0 bridgehead atoms. The van der Waals surface area contributed by atoms with Gasteiger partial charge in [-0.3, -0.25) is 9.69 Å². The highest BCUT2D eigenvalue weighted by Crippen LogP contribution is 2.25. The summed E-state index contributed by atoms with van der Waals surface area (Å²) in [6.07, 6.45) is 0. The molecule has 1 N–H and O–H groups in total. The van der Waals surface area contributed by atoms with Gasteiger partial charge in [0.05, 0.1) is 10.9 Å². The number of aromatic amines is 1. The first-order chi connectivity index (χ1) is 13.0. The van der Waals surface area contributed by atoms with Gasteiger partial charge >= 0.3 is 0 Å². The molecule has 1 saturated heterocycles. The molecule has 0 spiro atoms. The molecule has 1 fully saturated rings. The van der Waals surface area contributed by atoms with E-state index in [-0.39, 0.29) is 5.56 Å². The second-order valence-electron chi connectivity index (χ2n) is 7.60. The van der Waals surface area contributed by atoms with Crippen LogP contribution in [0.1, 0.15) is 16.7 Å². The predicted octanol–water partition coefficient (Wildman–Crippen LogP) is 2.95. The number of nitrogens with zero attached hydrogens (tertiary/aromatic N) is 3. The number of hydrogen-bond acceptors (Lipinski definition) is 4. The van der Waals surface area contributed by atoms with Crippen molar-refractivity contribution in [3.63, 3.8) is 0 Å². The lowest BCUT2D eigenvalue weighted by Gasteiger charge is -2.32. The van der Waals surface area contributed by atoms with Crippen LogP contribution in [-0.2, 0) is 6.54 Å². The van der Waals surface area contributed by atoms with Crippen molar-refractivity contribution >= 4 is 10.9 Å². The molecular weight excluding hydrogens is 336 g/mol. The number of rotatable bonds is 3. The third-order valence-corrected chi connectivity index (χ3v) is 5.54. The molecule has 0 unspecified atom stereocenters. The summed E-state index contributed by atoms with van der Waals surface area (Å²) in [5.41, 5.74) is 5.38. The molecule has 2 heterocycles. The van der Waals surface area contributed by atoms with Crippen molar-refractivity contribution in [1.29, 1.82) is 0 Å². The van der Waals surface area contributed by atoms with E-state index in [1.54, 1.807) is 0 Å². The van der Waals surface area contributed by atoms with Crippen molar-refractivity contribution in [3.8, 4) is 11.4 Å². The van der Waals surface area contributed by atoms with Gasteiger partial charge < -0.3 is 9.88 Å². The number of fused-ring (bicyclic) bond motifs is 1. The van der Waals surface area contributed by atoms with Crippen LogP contribution in [-0.4, -0.2) is 53.0 Å². The number of benzene rings is 2. The maximum absolute atomic E-state index is 12.5. The Morgan fingerprint density at radius 3 is 2.56 bits per heavy atom. The van der Waals surface area contributed by atoms with Crippen LogP contribution < -0.4 is 5.56 Å². The van der Waals surface area contributed by atoms with Crippen molar-refractivity contribution in [2.75, 3.05) is 33.2 Å². The Kier molecular flexibility index (Phi) is 4.81. The Morgan fingerprint density at radius 1 is 1.04 bits per heavy atom. The molecule has 27 heavy (non-hydrogen) atoms. The minimum absolute atomic E-state index is 0.0869. The van der Waals surface area contributed by atoms with Crippen molar-refractivity contribution in [1.82, 2.24) is 19.8 Å². The van der Waals surface area contributed by atoms with Crippen LogP contribution in [0.25, 0.3) is 22.3 Å². The zero-order valence-electron chi connectivity index (χ0n) is 16.2. The fourth-order valence-electron chi connectivity index (χ4n) is 3.78. The Hall–Kier alpha value is -2.50. The van der Waals surface area contributed by atoms with Gasteiger partial charge in [-0.15, -0.1) is 0 Å². The second kappa shape index (κ2) is 7.25. The van der Waals surface area contributed by atoms with Crippen molar-refractivity contribution < 1.29 is 0 Å². The van der Waals surface area contributed by atoms with Crippen LogP contribution in [0.2, 0.25) is 0 Å². The number of hydrogen-bond donors (Lipinski definition) is 1. The van der Waals surface area contributed by atoms with E-state index in [2.05, 4.69) is 47.8 Å². The first-order valence-corrected chi connectivity index (χ1v) is 9.52. The van der Waals surface area contributed by atoms with E-state index in [1.807, 2.05) is 24.3 Å². The molecule has 0 radical (unpaired) electrons. The highest BCUT2D eigenvalue weighted by atomic mass is 16.1. The number of piperazine rings is 1. The topological polar surface area (TPSA) is 52.2 Å². The van der Waals surface area contributed by atoms with Gasteiger partial charge in [0, 0.05) is 38.3 Å². The highest BCUT2D eigenvalue weighted by Gasteiger charge is 2.16. The normalized spacial score (nSPS) is 16.1. The van der Waals surface area contributed by atoms with E-state index in [4.69, 9.17) is 4.98 Å². The van der Waals surface area contributed by atoms with Gasteiger partial charge in [0.15, 0.2) is 0 Å². The van der Waals surface area contributed by atoms with Crippen LogP contribution in [0.5, 0.6) is 0 Å². The standard InChI is InChI=1S/C22H26N4O/c1-15-12-16(2)19(13-17(15)14-26-10-8-25(3)9-11-26)21-23-20-7-5-4-6-18(20)22(27)24-21/h4-7,12-13H,8-11,14H2,1-3H3,(H,23,24,27). The summed E-state index contributed by atoms with van der Waals surface area (Å²) in [4.78, 5) is 25.0. The minimum Gasteiger partial charge on any atom is -0.306 e. The smallest absolute Gasteiger partial charge is 0.259 e. The Labute approximate surface area is 159 Å². The molecule has 4 rings (SSSR count). The fourth-order valence-corrected chi connectivity index (χ4v) is 3.78. The molecular formula is C22H26N4O. The largest absolute Gasteiger partial charge is 0.306 e. The molecule has 140 valence electrons. The molecule has 1 aromatic heterocycles. The lowest BCUT2D eigenvalue weighted by Crippen LogP contribution is -2.43. The van der Waals surface area contributed by atoms with Crippen LogP contribution in [0.4, 0.5) is 0 Å². The zero-order valence-corrected chi connectivity index (χ0v) is 16.2. The van der Waals surface area contributed by atoms with Crippen LogP contribution in [0, 0.1) is 13.8 Å². The van der Waals surface area contributed by atoms with E-state index in [1.165, 1.54) is 11.1 Å². The number of aryl methyl sites for hydroxylation is 2. The summed E-state index contributed by atoms with van der Waals surface area (Å²) in [5.74, 6) is 0.649. The molecule has 0 saturated carbocycles. The first-order valence-electron chi connectivity index (χ1n) is 9.52. The number of nitrogens with one attached hydrogen (secondary N) is 1. The number of likely N-dealkylation sites (N-methyl/N-ethyl adjacent to an activating group) is 1. The summed E-state index contributed by atoms with van der Waals surface area (Å²) < 4.78 is 0. The van der Waals surface area contributed by atoms with E-state index >= 15 is 0 Å². The Bertz CT molecular complexity index is 1030. The molecule has 2 aromatic carbocycles.